The molecule has 29 heavy (non-hydrogen) atoms. The summed E-state index contributed by atoms with van der Waals surface area (Å²) in [6.07, 6.45) is -5.99. The van der Waals surface area contributed by atoms with Crippen molar-refractivity contribution in [2.75, 3.05) is 0 Å². The zero-order valence-corrected chi connectivity index (χ0v) is 14.5. The van der Waals surface area contributed by atoms with Crippen molar-refractivity contribution < 1.29 is 31.1 Å². The van der Waals surface area contributed by atoms with Gasteiger partial charge in [0.05, 0.1) is 11.1 Å². The van der Waals surface area contributed by atoms with Gasteiger partial charge in [-0.05, 0) is 42.0 Å². The first-order valence-electron chi connectivity index (χ1n) is 7.83. The predicted octanol–water partition coefficient (Wildman–Crippen LogP) is 3.65. The molecule has 2 rings (SSSR count). The largest absolute Gasteiger partial charge is 0.418 e. The predicted molar refractivity (Wildman–Crippen MR) is 92.6 cm³/mol. The van der Waals surface area contributed by atoms with Crippen LogP contribution in [0.2, 0.25) is 0 Å². The number of allylic oxidation sites excluding steroid dienone is 2. The summed E-state index contributed by atoms with van der Waals surface area (Å²) < 4.78 is 76.4. The molecular weight excluding hydrogens is 402 g/mol. The van der Waals surface area contributed by atoms with Crippen molar-refractivity contribution >= 4 is 11.6 Å². The van der Waals surface area contributed by atoms with Gasteiger partial charge in [0, 0.05) is 11.9 Å². The van der Waals surface area contributed by atoms with Crippen LogP contribution in [0.25, 0.3) is 5.70 Å². The molecule has 0 spiro atoms. The number of nitrogens with one attached hydrogen (secondary N) is 1. The van der Waals surface area contributed by atoms with Gasteiger partial charge in [0.15, 0.2) is 0 Å². The van der Waals surface area contributed by atoms with Crippen LogP contribution in [0.3, 0.4) is 0 Å². The number of halogens is 6. The van der Waals surface area contributed by atoms with E-state index in [-0.39, 0.29) is 17.1 Å². The van der Waals surface area contributed by atoms with Crippen molar-refractivity contribution in [3.8, 4) is 0 Å². The van der Waals surface area contributed by atoms with Crippen molar-refractivity contribution in [2.24, 2.45) is 11.5 Å². The van der Waals surface area contributed by atoms with Crippen LogP contribution in [-0.4, -0.2) is 10.9 Å². The van der Waals surface area contributed by atoms with Crippen LogP contribution in [-0.2, 0) is 12.4 Å². The Morgan fingerprint density at radius 2 is 1.55 bits per heavy atom. The molecule has 0 unspecified atom stereocenters. The number of amides is 1. The third-order valence-electron chi connectivity index (χ3n) is 3.57. The topological polar surface area (TPSA) is 94.0 Å². The first kappa shape index (κ1) is 21.8. The highest BCUT2D eigenvalue weighted by molar-refractivity contribution is 5.95. The number of pyridine rings is 1. The molecular formula is C18H14F6N4O. The molecule has 1 amide bonds. The van der Waals surface area contributed by atoms with Crippen molar-refractivity contribution in [1.82, 2.24) is 10.3 Å². The highest BCUT2D eigenvalue weighted by atomic mass is 19.4. The summed E-state index contributed by atoms with van der Waals surface area (Å²) in [5, 5.41) is 2.03. The number of hydrogen-bond donors (Lipinski definition) is 3. The fourth-order valence-electron chi connectivity index (χ4n) is 2.17. The molecule has 11 heteroatoms. The molecule has 0 bridgehead atoms. The summed E-state index contributed by atoms with van der Waals surface area (Å²) in [7, 11) is 0. The van der Waals surface area contributed by atoms with Crippen LogP contribution in [0, 0.1) is 0 Å². The van der Waals surface area contributed by atoms with E-state index in [0.29, 0.717) is 6.07 Å². The highest BCUT2D eigenvalue weighted by Crippen LogP contribution is 2.31. The average molecular weight is 416 g/mol. The first-order chi connectivity index (χ1) is 13.4. The SMILES string of the molecule is N/C(=C\C=C(/N)NC(=O)c1ncccc1C(F)(F)F)c1ccc(C(F)(F)F)cc1. The zero-order valence-electron chi connectivity index (χ0n) is 14.5. The lowest BCUT2D eigenvalue weighted by molar-refractivity contribution is -0.138. The fraction of sp³-hybridized carbons (Fsp3) is 0.111. The van der Waals surface area contributed by atoms with Crippen LogP contribution in [0.4, 0.5) is 26.3 Å². The Labute approximate surface area is 160 Å². The summed E-state index contributed by atoms with van der Waals surface area (Å²) >= 11 is 0. The van der Waals surface area contributed by atoms with Gasteiger partial charge < -0.3 is 16.8 Å². The Balaban J connectivity index is 2.15. The summed E-state index contributed by atoms with van der Waals surface area (Å²) in [6.45, 7) is 0. The minimum absolute atomic E-state index is 0.0183. The van der Waals surface area contributed by atoms with E-state index >= 15 is 0 Å². The maximum Gasteiger partial charge on any atom is 0.418 e. The zero-order chi connectivity index (χ0) is 21.8. The first-order valence-corrected chi connectivity index (χ1v) is 7.83. The number of hydrogen-bond acceptors (Lipinski definition) is 4. The molecule has 0 radical (unpaired) electrons. The van der Waals surface area contributed by atoms with Crippen LogP contribution >= 0.6 is 0 Å². The number of nitrogens with zero attached hydrogens (tertiary/aromatic N) is 1. The van der Waals surface area contributed by atoms with Gasteiger partial charge >= 0.3 is 12.4 Å². The number of carbonyl (C=O) groups excluding carboxylic acids is 1. The number of rotatable bonds is 4. The maximum atomic E-state index is 12.9. The van der Waals surface area contributed by atoms with Crippen LogP contribution in [0.15, 0.2) is 60.6 Å². The molecule has 1 aromatic carbocycles. The monoisotopic (exact) mass is 416 g/mol. The van der Waals surface area contributed by atoms with Gasteiger partial charge in [-0.15, -0.1) is 0 Å². The summed E-state index contributed by atoms with van der Waals surface area (Å²) in [6, 6.07) is 5.69. The smallest absolute Gasteiger partial charge is 0.398 e. The van der Waals surface area contributed by atoms with Crippen LogP contribution in [0.5, 0.6) is 0 Å². The van der Waals surface area contributed by atoms with E-state index in [9.17, 15) is 31.1 Å². The third kappa shape index (κ3) is 5.74. The van der Waals surface area contributed by atoms with Crippen molar-refractivity contribution in [3.63, 3.8) is 0 Å². The normalized spacial score (nSPS) is 13.3. The van der Waals surface area contributed by atoms with Gasteiger partial charge in [0.25, 0.3) is 5.91 Å². The second kappa shape index (κ2) is 8.25. The van der Waals surface area contributed by atoms with Crippen molar-refractivity contribution in [2.45, 2.75) is 12.4 Å². The van der Waals surface area contributed by atoms with Crippen LogP contribution < -0.4 is 16.8 Å². The lowest BCUT2D eigenvalue weighted by atomic mass is 10.1. The van der Waals surface area contributed by atoms with Gasteiger partial charge in [-0.3, -0.25) is 9.78 Å². The molecule has 0 fully saturated rings. The Kier molecular flexibility index (Phi) is 6.20. The number of alkyl halides is 6. The maximum absolute atomic E-state index is 12.9. The van der Waals surface area contributed by atoms with E-state index in [2.05, 4.69) is 4.98 Å². The van der Waals surface area contributed by atoms with Gasteiger partial charge in [0.1, 0.15) is 11.5 Å². The summed E-state index contributed by atoms with van der Waals surface area (Å²) in [4.78, 5) is 15.4. The minimum Gasteiger partial charge on any atom is -0.398 e. The molecule has 1 aromatic heterocycles. The molecule has 0 atom stereocenters. The van der Waals surface area contributed by atoms with E-state index in [4.69, 9.17) is 11.5 Å². The Morgan fingerprint density at radius 3 is 2.10 bits per heavy atom. The van der Waals surface area contributed by atoms with Crippen LogP contribution in [0.1, 0.15) is 27.2 Å². The van der Waals surface area contributed by atoms with Crippen molar-refractivity contribution in [3.05, 3.63) is 83.0 Å². The highest BCUT2D eigenvalue weighted by Gasteiger charge is 2.36. The second-order valence-corrected chi connectivity index (χ2v) is 5.67. The molecule has 1 heterocycles. The molecule has 154 valence electrons. The molecule has 0 aliphatic heterocycles. The van der Waals surface area contributed by atoms with E-state index in [1.54, 1.807) is 0 Å². The Bertz CT molecular complexity index is 946. The molecule has 0 aliphatic rings. The second-order valence-electron chi connectivity index (χ2n) is 5.67. The van der Waals surface area contributed by atoms with Gasteiger partial charge in [0.2, 0.25) is 0 Å². The molecule has 5 nitrogen and oxygen atoms in total. The lowest BCUT2D eigenvalue weighted by Crippen LogP contribution is -2.30. The fourth-order valence-corrected chi connectivity index (χ4v) is 2.17. The standard InChI is InChI=1S/C18H14F6N4O/c19-17(20,21)11-5-3-10(4-6-11)13(25)7-8-14(26)28-16(29)15-12(18(22,23)24)2-1-9-27-15/h1-9H,25-26H2,(H,28,29)/b13-7-,14-8+. The third-order valence-corrected chi connectivity index (χ3v) is 3.57. The summed E-state index contributed by atoms with van der Waals surface area (Å²) in [5.74, 6) is -1.53. The van der Waals surface area contributed by atoms with E-state index in [0.717, 1.165) is 42.6 Å². The molecule has 0 saturated heterocycles. The van der Waals surface area contributed by atoms with Gasteiger partial charge in [-0.25, -0.2) is 0 Å². The van der Waals surface area contributed by atoms with E-state index < -0.39 is 35.1 Å². The number of benzene rings is 1. The van der Waals surface area contributed by atoms with Crippen molar-refractivity contribution in [1.29, 1.82) is 0 Å². The van der Waals surface area contributed by atoms with Gasteiger partial charge in [-0.1, -0.05) is 12.1 Å². The van der Waals surface area contributed by atoms with Gasteiger partial charge in [-0.2, -0.15) is 26.3 Å². The number of nitrogens with two attached hydrogens (primary N) is 2. The average Bonchev–Trinajstić information content (AvgIpc) is 2.64. The molecule has 5 N–H and O–H groups in total. The van der Waals surface area contributed by atoms with E-state index in [1.807, 2.05) is 5.32 Å². The molecule has 2 aromatic rings. The summed E-state index contributed by atoms with van der Waals surface area (Å²) in [5.41, 5.74) is 8.60. The molecule has 0 aliphatic carbocycles. The minimum atomic E-state index is -4.79. The number of carbonyl (C=O) groups is 1. The Hall–Kier alpha value is -3.50. The lowest BCUT2D eigenvalue weighted by Gasteiger charge is -2.11. The Morgan fingerprint density at radius 1 is 0.931 bits per heavy atom. The number of aromatic nitrogens is 1. The van der Waals surface area contributed by atoms with E-state index in [1.165, 1.54) is 6.08 Å². The quantitative estimate of drug-likeness (QED) is 0.524. The molecule has 0 saturated carbocycles.